The number of aromatic nitrogens is 1. The Hall–Kier alpha value is -3.23. The standard InChI is InChI=1S/C24H19FN2O3S2/c1-13-9-15-11-27(2)22(23(29)24(15)32-13)18(28)10-21-26-17(12-31-21)20-8-7-19(30-20)14-3-5-16(25)6-4-14/h3-9,12,29H,10-11H2,1-2H3. The first-order valence-electron chi connectivity index (χ1n) is 9.97. The molecule has 0 amide bonds. The van der Waals surface area contributed by atoms with E-state index in [0.717, 1.165) is 20.9 Å². The normalized spacial score (nSPS) is 13.5. The minimum Gasteiger partial charge on any atom is -0.504 e. The molecule has 0 unspecified atom stereocenters. The summed E-state index contributed by atoms with van der Waals surface area (Å²) in [5, 5.41) is 13.2. The van der Waals surface area contributed by atoms with Crippen molar-refractivity contribution < 1.29 is 18.7 Å². The molecule has 0 fully saturated rings. The predicted octanol–water partition coefficient (Wildman–Crippen LogP) is 6.06. The van der Waals surface area contributed by atoms with Crippen LogP contribution < -0.4 is 0 Å². The van der Waals surface area contributed by atoms with Crippen molar-refractivity contribution in [1.82, 2.24) is 9.88 Å². The second-order valence-corrected chi connectivity index (χ2v) is 9.86. The van der Waals surface area contributed by atoms with Crippen LogP contribution in [-0.4, -0.2) is 27.8 Å². The molecule has 32 heavy (non-hydrogen) atoms. The molecule has 1 aliphatic heterocycles. The smallest absolute Gasteiger partial charge is 0.189 e. The quantitative estimate of drug-likeness (QED) is 0.387. The minimum atomic E-state index is -0.301. The highest BCUT2D eigenvalue weighted by atomic mass is 32.1. The lowest BCUT2D eigenvalue weighted by atomic mass is 10.0. The lowest BCUT2D eigenvalue weighted by Crippen LogP contribution is -2.29. The topological polar surface area (TPSA) is 66.6 Å². The Morgan fingerprint density at radius 3 is 2.75 bits per heavy atom. The lowest BCUT2D eigenvalue weighted by molar-refractivity contribution is -0.116. The fourth-order valence-electron chi connectivity index (χ4n) is 3.82. The van der Waals surface area contributed by atoms with Crippen molar-refractivity contribution in [1.29, 1.82) is 0 Å². The molecule has 4 heterocycles. The van der Waals surface area contributed by atoms with Crippen LogP contribution in [0.15, 0.2) is 58.0 Å². The molecule has 1 N–H and O–H groups in total. The van der Waals surface area contributed by atoms with Gasteiger partial charge in [-0.2, -0.15) is 0 Å². The number of thiophene rings is 1. The fourth-order valence-corrected chi connectivity index (χ4v) is 5.58. The SMILES string of the molecule is Cc1cc2c(s1)C(O)=C(C(=O)Cc1nc(-c3ccc(-c4ccc(F)cc4)o3)cs1)N(C)C2. The molecule has 0 radical (unpaired) electrons. The minimum absolute atomic E-state index is 0.0450. The van der Waals surface area contributed by atoms with Gasteiger partial charge in [-0.25, -0.2) is 9.37 Å². The third-order valence-electron chi connectivity index (χ3n) is 5.28. The van der Waals surface area contributed by atoms with Crippen LogP contribution in [0.1, 0.15) is 20.3 Å². The van der Waals surface area contributed by atoms with E-state index in [1.165, 1.54) is 34.8 Å². The Balaban J connectivity index is 1.36. The van der Waals surface area contributed by atoms with Gasteiger partial charge < -0.3 is 14.4 Å². The van der Waals surface area contributed by atoms with E-state index in [4.69, 9.17) is 4.42 Å². The second-order valence-electron chi connectivity index (χ2n) is 7.66. The number of ketones is 1. The molecule has 1 aromatic carbocycles. The van der Waals surface area contributed by atoms with Crippen LogP contribution >= 0.6 is 22.7 Å². The Bertz CT molecular complexity index is 1350. The molecule has 0 bridgehead atoms. The Morgan fingerprint density at radius 1 is 1.22 bits per heavy atom. The Labute approximate surface area is 192 Å². The number of furan rings is 1. The van der Waals surface area contributed by atoms with Crippen LogP contribution in [0.3, 0.4) is 0 Å². The summed E-state index contributed by atoms with van der Waals surface area (Å²) in [6.07, 6.45) is 0.0968. The number of hydrogen-bond donors (Lipinski definition) is 1. The van der Waals surface area contributed by atoms with E-state index in [2.05, 4.69) is 4.98 Å². The van der Waals surface area contributed by atoms with Gasteiger partial charge >= 0.3 is 0 Å². The molecule has 8 heteroatoms. The Kier molecular flexibility index (Phi) is 5.19. The number of fused-ring (bicyclic) bond motifs is 1. The number of hydrogen-bond acceptors (Lipinski definition) is 7. The molecule has 0 saturated carbocycles. The van der Waals surface area contributed by atoms with Gasteiger partial charge in [0.05, 0.1) is 11.3 Å². The van der Waals surface area contributed by atoms with Gasteiger partial charge in [-0.1, -0.05) is 0 Å². The van der Waals surface area contributed by atoms with Crippen molar-refractivity contribution >= 4 is 34.2 Å². The molecule has 0 aliphatic carbocycles. The van der Waals surface area contributed by atoms with Crippen LogP contribution in [0.5, 0.6) is 0 Å². The number of benzene rings is 1. The first-order valence-corrected chi connectivity index (χ1v) is 11.7. The number of carbonyl (C=O) groups excluding carboxylic acids is 1. The van der Waals surface area contributed by atoms with Gasteiger partial charge in [-0.3, -0.25) is 4.79 Å². The summed E-state index contributed by atoms with van der Waals surface area (Å²) < 4.78 is 19.0. The predicted molar refractivity (Wildman–Crippen MR) is 124 cm³/mol. The van der Waals surface area contributed by atoms with Crippen molar-refractivity contribution in [2.45, 2.75) is 19.9 Å². The van der Waals surface area contributed by atoms with Crippen molar-refractivity contribution in [3.05, 3.63) is 79.7 Å². The lowest BCUT2D eigenvalue weighted by Gasteiger charge is -2.27. The second kappa shape index (κ2) is 8.03. The summed E-state index contributed by atoms with van der Waals surface area (Å²) in [5.41, 5.74) is 2.77. The number of rotatable bonds is 5. The number of thiazole rings is 1. The number of likely N-dealkylation sites (N-methyl/N-ethyl adjacent to an activating group) is 1. The van der Waals surface area contributed by atoms with Gasteiger partial charge in [0.25, 0.3) is 0 Å². The number of allylic oxidation sites excluding steroid dienone is 1. The summed E-state index contributed by atoms with van der Waals surface area (Å²) in [7, 11) is 1.81. The van der Waals surface area contributed by atoms with Gasteiger partial charge in [-0.15, -0.1) is 22.7 Å². The summed E-state index contributed by atoms with van der Waals surface area (Å²) in [5.74, 6) is 0.767. The van der Waals surface area contributed by atoms with Gasteiger partial charge in [0, 0.05) is 29.4 Å². The average Bonchev–Trinajstić information content (AvgIpc) is 3.48. The molecule has 4 aromatic rings. The molecule has 3 aromatic heterocycles. The first kappa shape index (κ1) is 20.7. The number of aryl methyl sites for hydroxylation is 1. The van der Waals surface area contributed by atoms with E-state index in [0.29, 0.717) is 34.5 Å². The van der Waals surface area contributed by atoms with E-state index in [1.54, 1.807) is 17.0 Å². The van der Waals surface area contributed by atoms with Crippen molar-refractivity contribution in [3.63, 3.8) is 0 Å². The molecule has 0 saturated heterocycles. The number of Topliss-reactive ketones (excluding diaryl/α,β-unsaturated/α-hetero) is 1. The molecular weight excluding hydrogens is 447 g/mol. The number of aliphatic hydroxyl groups excluding tert-OH is 1. The van der Waals surface area contributed by atoms with Gasteiger partial charge in [0.2, 0.25) is 0 Å². The number of aliphatic hydroxyl groups is 1. The highest BCUT2D eigenvalue weighted by Crippen LogP contribution is 2.36. The zero-order valence-corrected chi connectivity index (χ0v) is 19.0. The molecule has 5 nitrogen and oxygen atoms in total. The van der Waals surface area contributed by atoms with Crippen molar-refractivity contribution in [2.24, 2.45) is 0 Å². The number of halogens is 1. The van der Waals surface area contributed by atoms with Crippen LogP contribution in [-0.2, 0) is 17.8 Å². The third-order valence-corrected chi connectivity index (χ3v) is 7.22. The number of nitrogens with zero attached hydrogens (tertiary/aromatic N) is 2. The van der Waals surface area contributed by atoms with Crippen LogP contribution in [0, 0.1) is 12.7 Å². The maximum absolute atomic E-state index is 13.1. The largest absolute Gasteiger partial charge is 0.504 e. The van der Waals surface area contributed by atoms with Crippen molar-refractivity contribution in [3.8, 4) is 22.8 Å². The molecule has 0 atom stereocenters. The number of carbonyl (C=O) groups is 1. The van der Waals surface area contributed by atoms with E-state index in [1.807, 2.05) is 37.6 Å². The molecule has 1 aliphatic rings. The third kappa shape index (κ3) is 3.76. The molecular formula is C24H19FN2O3S2. The van der Waals surface area contributed by atoms with E-state index in [9.17, 15) is 14.3 Å². The maximum atomic E-state index is 13.1. The average molecular weight is 467 g/mol. The van der Waals surface area contributed by atoms with Crippen LogP contribution in [0.2, 0.25) is 0 Å². The highest BCUT2D eigenvalue weighted by Gasteiger charge is 2.29. The summed E-state index contributed by atoms with van der Waals surface area (Å²) in [6.45, 7) is 2.58. The molecule has 0 spiro atoms. The molecule has 162 valence electrons. The van der Waals surface area contributed by atoms with E-state index in [-0.39, 0.29) is 23.8 Å². The molecule has 5 rings (SSSR count). The summed E-state index contributed by atoms with van der Waals surface area (Å²) >= 11 is 2.87. The van der Waals surface area contributed by atoms with E-state index < -0.39 is 0 Å². The fraction of sp³-hybridized carbons (Fsp3) is 0.167. The van der Waals surface area contributed by atoms with E-state index >= 15 is 0 Å². The van der Waals surface area contributed by atoms with Crippen LogP contribution in [0.4, 0.5) is 4.39 Å². The monoisotopic (exact) mass is 466 g/mol. The summed E-state index contributed by atoms with van der Waals surface area (Å²) in [4.78, 5) is 21.3. The highest BCUT2D eigenvalue weighted by molar-refractivity contribution is 7.13. The van der Waals surface area contributed by atoms with Gasteiger partial charge in [-0.05, 0) is 55.0 Å². The van der Waals surface area contributed by atoms with Crippen LogP contribution in [0.25, 0.3) is 28.5 Å². The van der Waals surface area contributed by atoms with Crippen molar-refractivity contribution in [2.75, 3.05) is 7.05 Å². The Morgan fingerprint density at radius 2 is 1.97 bits per heavy atom. The summed E-state index contributed by atoms with van der Waals surface area (Å²) in [6, 6.07) is 11.8. The maximum Gasteiger partial charge on any atom is 0.189 e. The van der Waals surface area contributed by atoms with Gasteiger partial charge in [0.15, 0.2) is 17.3 Å². The first-order chi connectivity index (χ1) is 15.4. The van der Waals surface area contributed by atoms with Gasteiger partial charge in [0.1, 0.15) is 28.0 Å². The zero-order chi connectivity index (χ0) is 22.4. The zero-order valence-electron chi connectivity index (χ0n) is 17.4.